The maximum atomic E-state index is 12.6. The number of rotatable bonds is 7. The van der Waals surface area contributed by atoms with E-state index < -0.39 is 18.0 Å². The molecule has 1 fully saturated rings. The smallest absolute Gasteiger partial charge is 0.335 e. The number of amides is 3. The van der Waals surface area contributed by atoms with E-state index in [0.29, 0.717) is 32.7 Å². The minimum Gasteiger partial charge on any atom is -0.493 e. The molecule has 1 atom stereocenters. The van der Waals surface area contributed by atoms with Gasteiger partial charge in [-0.2, -0.15) is 0 Å². The Labute approximate surface area is 162 Å². The number of carbonyl (C=O) groups excluding carboxylic acids is 2. The Morgan fingerprint density at radius 3 is 2.43 bits per heavy atom. The molecular weight excluding hydrogens is 370 g/mol. The molecule has 1 heterocycles. The largest absolute Gasteiger partial charge is 0.493 e. The number of nitrogens with one attached hydrogen (secondary N) is 2. The molecule has 1 saturated heterocycles. The van der Waals surface area contributed by atoms with Gasteiger partial charge in [-0.15, -0.1) is 0 Å². The Balaban J connectivity index is 2.15. The van der Waals surface area contributed by atoms with E-state index in [-0.39, 0.29) is 28.7 Å². The average molecular weight is 395 g/mol. The minimum atomic E-state index is -1.18. The number of carboxylic acid groups (broad SMARTS) is 1. The molecule has 1 aliphatic heterocycles. The van der Waals surface area contributed by atoms with Crippen molar-refractivity contribution in [3.63, 3.8) is 0 Å². The number of urea groups is 1. The van der Waals surface area contributed by atoms with Crippen molar-refractivity contribution in [1.29, 1.82) is 0 Å². The lowest BCUT2D eigenvalue weighted by Crippen LogP contribution is -2.52. The van der Waals surface area contributed by atoms with Crippen molar-refractivity contribution in [2.45, 2.75) is 19.4 Å². The monoisotopic (exact) mass is 395 g/mol. The van der Waals surface area contributed by atoms with Crippen LogP contribution < -0.4 is 20.1 Å². The predicted octanol–water partition coefficient (Wildman–Crippen LogP) is 1.16. The van der Waals surface area contributed by atoms with Gasteiger partial charge in [0.05, 0.1) is 38.7 Å². The lowest BCUT2D eigenvalue weighted by atomic mass is 10.1. The lowest BCUT2D eigenvalue weighted by molar-refractivity contribution is -0.137. The van der Waals surface area contributed by atoms with E-state index >= 15 is 0 Å². The van der Waals surface area contributed by atoms with Crippen LogP contribution in [0, 0.1) is 0 Å². The zero-order chi connectivity index (χ0) is 20.7. The van der Waals surface area contributed by atoms with Crippen molar-refractivity contribution in [3.05, 3.63) is 17.7 Å². The maximum Gasteiger partial charge on any atom is 0.335 e. The maximum absolute atomic E-state index is 12.6. The number of hydrogen-bond donors (Lipinski definition) is 3. The van der Waals surface area contributed by atoms with Gasteiger partial charge in [0.15, 0.2) is 11.5 Å². The number of aromatic carboxylic acids is 1. The first-order valence-electron chi connectivity index (χ1n) is 8.84. The number of carboxylic acids is 1. The van der Waals surface area contributed by atoms with Gasteiger partial charge in [0, 0.05) is 13.1 Å². The van der Waals surface area contributed by atoms with Gasteiger partial charge < -0.3 is 34.9 Å². The second-order valence-corrected chi connectivity index (χ2v) is 6.06. The first kappa shape index (κ1) is 21.3. The number of methoxy groups -OCH3 is 2. The second-order valence-electron chi connectivity index (χ2n) is 6.06. The summed E-state index contributed by atoms with van der Waals surface area (Å²) in [5.41, 5.74) is 0.0369. The zero-order valence-electron chi connectivity index (χ0n) is 16.1. The fourth-order valence-corrected chi connectivity index (χ4v) is 2.84. The number of anilines is 1. The molecule has 0 spiro atoms. The van der Waals surface area contributed by atoms with Crippen molar-refractivity contribution in [1.82, 2.24) is 10.2 Å². The van der Waals surface area contributed by atoms with Crippen molar-refractivity contribution in [3.8, 4) is 11.5 Å². The SMILES string of the molecule is CC[C@H](NC(=O)Nc1cc(C(=O)O)cc(OC)c1OC)C(=O)N1CCOCC1. The molecule has 3 N–H and O–H groups in total. The van der Waals surface area contributed by atoms with Crippen LogP contribution in [0.5, 0.6) is 11.5 Å². The zero-order valence-corrected chi connectivity index (χ0v) is 16.1. The van der Waals surface area contributed by atoms with Crippen molar-refractivity contribution in [2.24, 2.45) is 0 Å². The minimum absolute atomic E-state index is 0.0793. The molecule has 10 nitrogen and oxygen atoms in total. The summed E-state index contributed by atoms with van der Waals surface area (Å²) in [6.07, 6.45) is 0.402. The van der Waals surface area contributed by atoms with Gasteiger partial charge in [-0.05, 0) is 18.6 Å². The van der Waals surface area contributed by atoms with Gasteiger partial charge in [0.2, 0.25) is 5.91 Å². The third-order valence-electron chi connectivity index (χ3n) is 4.31. The summed E-state index contributed by atoms with van der Waals surface area (Å²) < 4.78 is 15.6. The third kappa shape index (κ3) is 5.03. The van der Waals surface area contributed by atoms with Crippen LogP contribution >= 0.6 is 0 Å². The normalized spacial score (nSPS) is 14.8. The molecule has 0 radical (unpaired) electrons. The summed E-state index contributed by atoms with van der Waals surface area (Å²) in [7, 11) is 2.74. The quantitative estimate of drug-likeness (QED) is 0.632. The molecule has 1 aliphatic rings. The molecule has 2 rings (SSSR count). The number of morpholine rings is 1. The summed E-state index contributed by atoms with van der Waals surface area (Å²) in [6.45, 7) is 3.67. The highest BCUT2D eigenvalue weighted by Gasteiger charge is 2.26. The van der Waals surface area contributed by atoms with Crippen molar-refractivity contribution in [2.75, 3.05) is 45.8 Å². The highest BCUT2D eigenvalue weighted by molar-refractivity contribution is 5.97. The van der Waals surface area contributed by atoms with Crippen LogP contribution in [0.3, 0.4) is 0 Å². The molecule has 0 saturated carbocycles. The van der Waals surface area contributed by atoms with E-state index in [9.17, 15) is 19.5 Å². The van der Waals surface area contributed by atoms with E-state index in [1.165, 1.54) is 26.4 Å². The fraction of sp³-hybridized carbons (Fsp3) is 0.500. The van der Waals surface area contributed by atoms with Gasteiger partial charge in [-0.3, -0.25) is 4.79 Å². The second kappa shape index (κ2) is 9.79. The van der Waals surface area contributed by atoms with Gasteiger partial charge in [-0.25, -0.2) is 9.59 Å². The number of ether oxygens (including phenoxy) is 3. The van der Waals surface area contributed by atoms with Gasteiger partial charge in [0.25, 0.3) is 0 Å². The number of benzene rings is 1. The Bertz CT molecular complexity index is 732. The number of carbonyl (C=O) groups is 3. The molecule has 0 aliphatic carbocycles. The predicted molar refractivity (Wildman–Crippen MR) is 100 cm³/mol. The standard InChI is InChI=1S/C18H25N3O7/c1-4-12(16(22)21-5-7-28-8-6-21)19-18(25)20-13-9-11(17(23)24)10-14(26-2)15(13)27-3/h9-10,12H,4-8H2,1-3H3,(H,23,24)(H2,19,20,25)/t12-/m0/s1. The first-order valence-corrected chi connectivity index (χ1v) is 8.84. The lowest BCUT2D eigenvalue weighted by Gasteiger charge is -2.30. The summed E-state index contributed by atoms with van der Waals surface area (Å²) >= 11 is 0. The Morgan fingerprint density at radius 2 is 1.89 bits per heavy atom. The van der Waals surface area contributed by atoms with Crippen LogP contribution in [0.2, 0.25) is 0 Å². The molecule has 1 aromatic carbocycles. The topological polar surface area (TPSA) is 126 Å². The molecule has 0 aromatic heterocycles. The Kier molecular flexibility index (Phi) is 7.44. The molecule has 3 amide bonds. The van der Waals surface area contributed by atoms with E-state index in [1.54, 1.807) is 11.8 Å². The Morgan fingerprint density at radius 1 is 1.21 bits per heavy atom. The summed E-state index contributed by atoms with van der Waals surface area (Å²) in [5.74, 6) is -1.03. The van der Waals surface area contributed by atoms with Crippen molar-refractivity contribution >= 4 is 23.6 Å². The summed E-state index contributed by atoms with van der Waals surface area (Å²) in [5, 5.41) is 14.4. The molecule has 1 aromatic rings. The van der Waals surface area contributed by atoms with E-state index in [2.05, 4.69) is 10.6 Å². The first-order chi connectivity index (χ1) is 13.4. The fourth-order valence-electron chi connectivity index (χ4n) is 2.84. The summed E-state index contributed by atoms with van der Waals surface area (Å²) in [6, 6.07) is 1.18. The summed E-state index contributed by atoms with van der Waals surface area (Å²) in [4.78, 5) is 38.0. The number of nitrogens with zero attached hydrogens (tertiary/aromatic N) is 1. The average Bonchev–Trinajstić information content (AvgIpc) is 2.71. The van der Waals surface area contributed by atoms with E-state index in [0.717, 1.165) is 0 Å². The van der Waals surface area contributed by atoms with Crippen LogP contribution in [0.1, 0.15) is 23.7 Å². The van der Waals surface area contributed by atoms with Crippen LogP contribution in [-0.2, 0) is 9.53 Å². The number of hydrogen-bond acceptors (Lipinski definition) is 6. The molecule has 10 heteroatoms. The molecule has 28 heavy (non-hydrogen) atoms. The molecular formula is C18H25N3O7. The molecule has 0 bridgehead atoms. The van der Waals surface area contributed by atoms with E-state index in [1.807, 2.05) is 0 Å². The van der Waals surface area contributed by atoms with Gasteiger partial charge >= 0.3 is 12.0 Å². The molecule has 0 unspecified atom stereocenters. The Hall–Kier alpha value is -3.01. The highest BCUT2D eigenvalue weighted by Crippen LogP contribution is 2.36. The van der Waals surface area contributed by atoms with Crippen LogP contribution in [0.4, 0.5) is 10.5 Å². The van der Waals surface area contributed by atoms with Crippen molar-refractivity contribution < 1.29 is 33.7 Å². The van der Waals surface area contributed by atoms with Gasteiger partial charge in [0.1, 0.15) is 6.04 Å². The van der Waals surface area contributed by atoms with Gasteiger partial charge in [-0.1, -0.05) is 6.92 Å². The van der Waals surface area contributed by atoms with Crippen LogP contribution in [0.15, 0.2) is 12.1 Å². The van der Waals surface area contributed by atoms with E-state index in [4.69, 9.17) is 14.2 Å². The van der Waals surface area contributed by atoms with Crippen LogP contribution in [0.25, 0.3) is 0 Å². The van der Waals surface area contributed by atoms with Crippen LogP contribution in [-0.4, -0.2) is 74.5 Å². The molecule has 154 valence electrons. The highest BCUT2D eigenvalue weighted by atomic mass is 16.5. The third-order valence-corrected chi connectivity index (χ3v) is 4.31.